The van der Waals surface area contributed by atoms with Gasteiger partial charge in [0.1, 0.15) is 5.75 Å². The molecule has 10 heteroatoms. The second-order valence-corrected chi connectivity index (χ2v) is 10.7. The van der Waals surface area contributed by atoms with Gasteiger partial charge in [0.25, 0.3) is 0 Å². The van der Waals surface area contributed by atoms with Gasteiger partial charge in [0, 0.05) is 30.6 Å². The van der Waals surface area contributed by atoms with Crippen molar-refractivity contribution in [1.29, 1.82) is 0 Å². The maximum atomic E-state index is 13.0. The van der Waals surface area contributed by atoms with Crippen LogP contribution in [0.3, 0.4) is 0 Å². The van der Waals surface area contributed by atoms with Gasteiger partial charge in [-0.25, -0.2) is 0 Å². The molecule has 2 N–H and O–H groups in total. The number of thiocarbonyl (C=S) groups is 1. The molecule has 0 saturated carbocycles. The number of carbonyl (C=O) groups excluding carboxylic acids is 1. The van der Waals surface area contributed by atoms with Gasteiger partial charge in [0.2, 0.25) is 5.91 Å². The molecule has 2 aromatic carbocycles. The smallest absolute Gasteiger partial charge is 0.226 e. The van der Waals surface area contributed by atoms with E-state index < -0.39 is 0 Å². The number of pyridine rings is 1. The summed E-state index contributed by atoms with van der Waals surface area (Å²) in [5.74, 6) is 0.470. The van der Waals surface area contributed by atoms with Crippen molar-refractivity contribution < 1.29 is 9.53 Å². The van der Waals surface area contributed by atoms with Crippen molar-refractivity contribution in [3.63, 3.8) is 0 Å². The number of rotatable bonds is 8. The van der Waals surface area contributed by atoms with E-state index in [0.717, 1.165) is 28.3 Å². The predicted octanol–water partition coefficient (Wildman–Crippen LogP) is 6.81. The van der Waals surface area contributed by atoms with Crippen molar-refractivity contribution in [2.75, 3.05) is 19.0 Å². The van der Waals surface area contributed by atoms with E-state index >= 15 is 0 Å². The number of hydrogen-bond donors (Lipinski definition) is 2. The highest BCUT2D eigenvalue weighted by molar-refractivity contribution is 7.80. The summed E-state index contributed by atoms with van der Waals surface area (Å²) < 4.78 is 7.48. The van der Waals surface area contributed by atoms with E-state index in [4.69, 9.17) is 40.2 Å². The highest BCUT2D eigenvalue weighted by atomic mass is 35.5. The zero-order valence-electron chi connectivity index (χ0n) is 22.3. The Morgan fingerprint density at radius 3 is 2.62 bits per heavy atom. The second-order valence-electron chi connectivity index (χ2n) is 9.55. The molecule has 40 heavy (non-hydrogen) atoms. The van der Waals surface area contributed by atoms with Gasteiger partial charge in [-0.1, -0.05) is 47.5 Å². The van der Waals surface area contributed by atoms with Crippen molar-refractivity contribution in [3.05, 3.63) is 106 Å². The molecule has 0 aliphatic carbocycles. The summed E-state index contributed by atoms with van der Waals surface area (Å²) in [6, 6.07) is 20.5. The van der Waals surface area contributed by atoms with E-state index in [1.807, 2.05) is 61.5 Å². The first-order valence-corrected chi connectivity index (χ1v) is 14.0. The number of aromatic nitrogens is 2. The van der Waals surface area contributed by atoms with E-state index in [1.54, 1.807) is 19.4 Å². The molecule has 7 nitrogen and oxygen atoms in total. The molecule has 2 atom stereocenters. The number of anilines is 1. The average molecular weight is 595 g/mol. The van der Waals surface area contributed by atoms with E-state index in [9.17, 15) is 4.79 Å². The summed E-state index contributed by atoms with van der Waals surface area (Å²) in [7, 11) is 1.58. The number of methoxy groups -OCH3 is 1. The minimum absolute atomic E-state index is 0.136. The van der Waals surface area contributed by atoms with E-state index in [-0.39, 0.29) is 24.4 Å². The van der Waals surface area contributed by atoms with Crippen LogP contribution < -0.4 is 15.4 Å². The van der Waals surface area contributed by atoms with E-state index in [2.05, 4.69) is 38.1 Å². The Kier molecular flexibility index (Phi) is 8.30. The number of ether oxygens (including phenoxy) is 1. The van der Waals surface area contributed by atoms with Crippen LogP contribution in [0.1, 0.15) is 41.1 Å². The van der Waals surface area contributed by atoms with Gasteiger partial charge in [-0.2, -0.15) is 0 Å². The van der Waals surface area contributed by atoms with Gasteiger partial charge in [-0.05, 0) is 74.1 Å². The third-order valence-electron chi connectivity index (χ3n) is 7.12. The van der Waals surface area contributed by atoms with Crippen LogP contribution in [-0.4, -0.2) is 39.1 Å². The van der Waals surface area contributed by atoms with Crippen molar-refractivity contribution in [2.45, 2.75) is 32.4 Å². The summed E-state index contributed by atoms with van der Waals surface area (Å²) in [6.45, 7) is 4.50. The van der Waals surface area contributed by atoms with Crippen LogP contribution in [0.5, 0.6) is 5.75 Å². The molecule has 4 aromatic rings. The molecular formula is C30H29Cl2N5O2S. The fraction of sp³-hybridized carbons (Fsp3) is 0.233. The molecule has 1 fully saturated rings. The number of para-hydroxylation sites is 2. The summed E-state index contributed by atoms with van der Waals surface area (Å²) >= 11 is 18.8. The van der Waals surface area contributed by atoms with Gasteiger partial charge in [-0.15, -0.1) is 0 Å². The third kappa shape index (κ3) is 5.39. The van der Waals surface area contributed by atoms with Crippen molar-refractivity contribution in [3.8, 4) is 11.4 Å². The lowest BCUT2D eigenvalue weighted by Crippen LogP contribution is -2.33. The van der Waals surface area contributed by atoms with E-state index in [0.29, 0.717) is 33.1 Å². The molecule has 0 radical (unpaired) electrons. The quantitative estimate of drug-likeness (QED) is 0.219. The fourth-order valence-corrected chi connectivity index (χ4v) is 6.00. The topological polar surface area (TPSA) is 71.4 Å². The maximum Gasteiger partial charge on any atom is 0.226 e. The number of nitrogens with one attached hydrogen (secondary N) is 2. The number of nitrogens with zero attached hydrogens (tertiary/aromatic N) is 3. The number of aryl methyl sites for hydroxylation is 1. The standard InChI is InChI=1S/C30H29Cl2N5O2S/c1-18-17-20(19(2)37(18)24-12-8-9-21(31)27(24)32)29-28(23-11-6-7-15-33-23)35-30(40)36(29)16-14-26(38)34-22-10-4-5-13-25(22)39-3/h4-13,15,17,28-29H,14,16H2,1-3H3,(H,34,38)(H,35,40)/t28-,29+/m0/s1. The molecule has 0 spiro atoms. The van der Waals surface area contributed by atoms with Crippen LogP contribution in [-0.2, 0) is 4.79 Å². The molecule has 1 saturated heterocycles. The average Bonchev–Trinajstić information content (AvgIpc) is 3.44. The Balaban J connectivity index is 1.49. The summed E-state index contributed by atoms with van der Waals surface area (Å²) in [5.41, 5.74) is 5.36. The molecule has 2 aromatic heterocycles. The van der Waals surface area contributed by atoms with Crippen molar-refractivity contribution in [2.24, 2.45) is 0 Å². The SMILES string of the molecule is COc1ccccc1NC(=O)CCN1C(=S)N[C@@H](c2ccccn2)[C@H]1c1cc(C)n(-c2cccc(Cl)c2Cl)c1C. The zero-order valence-corrected chi connectivity index (χ0v) is 24.6. The third-order valence-corrected chi connectivity index (χ3v) is 8.28. The maximum absolute atomic E-state index is 13.0. The Morgan fingerprint density at radius 2 is 1.88 bits per heavy atom. The van der Waals surface area contributed by atoms with Gasteiger partial charge in [-0.3, -0.25) is 9.78 Å². The minimum atomic E-state index is -0.213. The first-order chi connectivity index (χ1) is 19.3. The van der Waals surface area contributed by atoms with Crippen molar-refractivity contribution in [1.82, 2.24) is 19.8 Å². The molecule has 3 heterocycles. The molecule has 0 unspecified atom stereocenters. The van der Waals surface area contributed by atoms with Gasteiger partial charge >= 0.3 is 0 Å². The monoisotopic (exact) mass is 593 g/mol. The number of carbonyl (C=O) groups is 1. The van der Waals surface area contributed by atoms with Gasteiger partial charge in [0.05, 0.1) is 46.3 Å². The van der Waals surface area contributed by atoms with Crippen LogP contribution in [0.2, 0.25) is 10.0 Å². The molecule has 5 rings (SSSR count). The highest BCUT2D eigenvalue weighted by Gasteiger charge is 2.41. The number of hydrogen-bond acceptors (Lipinski definition) is 4. The van der Waals surface area contributed by atoms with Crippen LogP contribution >= 0.6 is 35.4 Å². The molecule has 206 valence electrons. The summed E-state index contributed by atoms with van der Waals surface area (Å²) in [6.07, 6.45) is 2.00. The highest BCUT2D eigenvalue weighted by Crippen LogP contribution is 2.42. The van der Waals surface area contributed by atoms with Crippen molar-refractivity contribution >= 4 is 52.1 Å². The second kappa shape index (κ2) is 11.9. The summed E-state index contributed by atoms with van der Waals surface area (Å²) in [5, 5.41) is 7.97. The van der Waals surface area contributed by atoms with Gasteiger partial charge < -0.3 is 24.8 Å². The number of amides is 1. The van der Waals surface area contributed by atoms with Crippen LogP contribution in [0.25, 0.3) is 5.69 Å². The minimum Gasteiger partial charge on any atom is -0.495 e. The Morgan fingerprint density at radius 1 is 1.10 bits per heavy atom. The first kappa shape index (κ1) is 28.0. The van der Waals surface area contributed by atoms with Crippen LogP contribution in [0, 0.1) is 13.8 Å². The zero-order chi connectivity index (χ0) is 28.4. The Labute approximate surface area is 249 Å². The lowest BCUT2D eigenvalue weighted by Gasteiger charge is -2.28. The van der Waals surface area contributed by atoms with E-state index in [1.165, 1.54) is 0 Å². The predicted molar refractivity (Wildman–Crippen MR) is 164 cm³/mol. The lowest BCUT2D eigenvalue weighted by atomic mass is 9.96. The Bertz CT molecular complexity index is 1560. The normalized spacial score (nSPS) is 16.6. The fourth-order valence-electron chi connectivity index (χ4n) is 5.29. The molecular weight excluding hydrogens is 565 g/mol. The molecule has 1 aliphatic rings. The molecule has 1 amide bonds. The van der Waals surface area contributed by atoms with Crippen LogP contribution in [0.4, 0.5) is 5.69 Å². The van der Waals surface area contributed by atoms with Gasteiger partial charge in [0.15, 0.2) is 5.11 Å². The Hall–Kier alpha value is -3.59. The first-order valence-electron chi connectivity index (χ1n) is 12.8. The molecule has 1 aliphatic heterocycles. The lowest BCUT2D eigenvalue weighted by molar-refractivity contribution is -0.116. The number of benzene rings is 2. The number of halogens is 2. The summed E-state index contributed by atoms with van der Waals surface area (Å²) in [4.78, 5) is 19.7. The largest absolute Gasteiger partial charge is 0.495 e. The van der Waals surface area contributed by atoms with Crippen LogP contribution in [0.15, 0.2) is 72.9 Å². The molecule has 0 bridgehead atoms.